The number of hydrogen-bond acceptors (Lipinski definition) is 7. The summed E-state index contributed by atoms with van der Waals surface area (Å²) >= 11 is 0.744. The number of hydrogen-bond donors (Lipinski definition) is 4. The Morgan fingerprint density at radius 1 is 1.16 bits per heavy atom. The molecule has 0 atom stereocenters. The number of nitrogens with zero attached hydrogens (tertiary/aromatic N) is 1. The van der Waals surface area contributed by atoms with E-state index in [1.807, 2.05) is 0 Å². The van der Waals surface area contributed by atoms with Gasteiger partial charge in [-0.2, -0.15) is 13.2 Å². The van der Waals surface area contributed by atoms with E-state index in [4.69, 9.17) is 10.2 Å². The molecule has 0 spiro atoms. The normalized spacial score (nSPS) is 11.2. The summed E-state index contributed by atoms with van der Waals surface area (Å²) in [6, 6.07) is 7.40. The van der Waals surface area contributed by atoms with Gasteiger partial charge in [-0.05, 0) is 24.3 Å². The van der Waals surface area contributed by atoms with E-state index >= 15 is 0 Å². The zero-order chi connectivity index (χ0) is 22.6. The van der Waals surface area contributed by atoms with Gasteiger partial charge in [-0.1, -0.05) is 23.9 Å². The van der Waals surface area contributed by atoms with Crippen LogP contribution in [0.3, 0.4) is 0 Å². The lowest BCUT2D eigenvalue weighted by Gasteiger charge is -2.13. The molecule has 2 heterocycles. The van der Waals surface area contributed by atoms with Crippen LogP contribution in [0.25, 0.3) is 0 Å². The number of rotatable bonds is 6. The summed E-state index contributed by atoms with van der Waals surface area (Å²) in [6.07, 6.45) is -3.35. The van der Waals surface area contributed by atoms with Crippen LogP contribution in [0.1, 0.15) is 16.1 Å². The van der Waals surface area contributed by atoms with Crippen LogP contribution in [0.4, 0.5) is 30.4 Å². The number of nitrogens with two attached hydrogens (primary N) is 1. The van der Waals surface area contributed by atoms with Crippen LogP contribution in [-0.4, -0.2) is 27.5 Å². The SMILES string of the molecule is Nc1nc(SCC(=O)Nc2ccccc2C(F)(F)F)[nH]c(=O)c1NC(=O)c1ccco1. The number of amides is 2. The van der Waals surface area contributed by atoms with E-state index < -0.39 is 34.8 Å². The Bertz CT molecular complexity index is 1160. The molecular weight excluding hydrogens is 439 g/mol. The van der Waals surface area contributed by atoms with Gasteiger partial charge in [0.2, 0.25) is 5.91 Å². The van der Waals surface area contributed by atoms with Crippen LogP contribution < -0.4 is 21.9 Å². The van der Waals surface area contributed by atoms with Crippen LogP contribution in [0.15, 0.2) is 57.0 Å². The molecule has 2 aromatic heterocycles. The van der Waals surface area contributed by atoms with E-state index in [1.54, 1.807) is 0 Å². The summed E-state index contributed by atoms with van der Waals surface area (Å²) in [7, 11) is 0. The van der Waals surface area contributed by atoms with Crippen molar-refractivity contribution in [2.75, 3.05) is 22.1 Å². The fraction of sp³-hybridized carbons (Fsp3) is 0.111. The molecule has 31 heavy (non-hydrogen) atoms. The molecular formula is C18H14F3N5O4S. The Labute approximate surface area is 176 Å². The molecule has 0 radical (unpaired) electrons. The molecule has 0 bridgehead atoms. The first-order chi connectivity index (χ1) is 14.6. The van der Waals surface area contributed by atoms with E-state index in [1.165, 1.54) is 30.5 Å². The monoisotopic (exact) mass is 453 g/mol. The van der Waals surface area contributed by atoms with Crippen LogP contribution in [0.2, 0.25) is 0 Å². The standard InChI is InChI=1S/C18H14F3N5O4S/c19-18(20,21)9-4-1-2-5-10(9)23-12(27)8-31-17-25-14(22)13(16(29)26-17)24-15(28)11-6-3-7-30-11/h1-7H,8H2,(H,23,27)(H,24,28)(H3,22,25,26,29). The molecule has 0 fully saturated rings. The molecule has 0 saturated heterocycles. The number of thioether (sulfide) groups is 1. The van der Waals surface area contributed by atoms with Crippen molar-refractivity contribution in [3.63, 3.8) is 0 Å². The minimum Gasteiger partial charge on any atom is -0.459 e. The summed E-state index contributed by atoms with van der Waals surface area (Å²) in [5.74, 6) is -2.18. The maximum atomic E-state index is 13.0. The number of alkyl halides is 3. The third kappa shape index (κ3) is 5.45. The zero-order valence-corrected chi connectivity index (χ0v) is 16.3. The molecule has 13 heteroatoms. The average Bonchev–Trinajstić information content (AvgIpc) is 3.23. The Hall–Kier alpha value is -3.74. The second-order valence-corrected chi connectivity index (χ2v) is 6.91. The topological polar surface area (TPSA) is 143 Å². The van der Waals surface area contributed by atoms with Crippen molar-refractivity contribution in [3.8, 4) is 0 Å². The predicted molar refractivity (Wildman–Crippen MR) is 107 cm³/mol. The van der Waals surface area contributed by atoms with Gasteiger partial charge in [0.1, 0.15) is 0 Å². The molecule has 3 rings (SSSR count). The van der Waals surface area contributed by atoms with E-state index in [0.29, 0.717) is 0 Å². The number of anilines is 3. The molecule has 0 unspecified atom stereocenters. The number of benzene rings is 1. The first-order valence-corrected chi connectivity index (χ1v) is 9.47. The van der Waals surface area contributed by atoms with E-state index in [0.717, 1.165) is 23.9 Å². The lowest BCUT2D eigenvalue weighted by molar-refractivity contribution is -0.137. The molecule has 9 nitrogen and oxygen atoms in total. The van der Waals surface area contributed by atoms with Gasteiger partial charge in [0.25, 0.3) is 11.5 Å². The minimum atomic E-state index is -4.63. The molecule has 5 N–H and O–H groups in total. The highest BCUT2D eigenvalue weighted by molar-refractivity contribution is 7.99. The zero-order valence-electron chi connectivity index (χ0n) is 15.4. The molecule has 3 aromatic rings. The Kier molecular flexibility index (Phi) is 6.34. The molecule has 162 valence electrons. The maximum absolute atomic E-state index is 13.0. The molecule has 1 aromatic carbocycles. The summed E-state index contributed by atoms with van der Waals surface area (Å²) < 4.78 is 43.9. The molecule has 2 amide bonds. The minimum absolute atomic E-state index is 0.0481. The van der Waals surface area contributed by atoms with E-state index in [2.05, 4.69) is 20.6 Å². The van der Waals surface area contributed by atoms with Gasteiger partial charge in [0, 0.05) is 0 Å². The highest BCUT2D eigenvalue weighted by atomic mass is 32.2. The number of aromatic nitrogens is 2. The van der Waals surface area contributed by atoms with Crippen LogP contribution in [0.5, 0.6) is 0 Å². The number of H-pyrrole nitrogens is 1. The van der Waals surface area contributed by atoms with Crippen molar-refractivity contribution in [1.29, 1.82) is 0 Å². The predicted octanol–water partition coefficient (Wildman–Crippen LogP) is 2.95. The van der Waals surface area contributed by atoms with Crippen molar-refractivity contribution < 1.29 is 27.2 Å². The highest BCUT2D eigenvalue weighted by Crippen LogP contribution is 2.34. The number of halogens is 3. The maximum Gasteiger partial charge on any atom is 0.418 e. The van der Waals surface area contributed by atoms with Crippen LogP contribution in [0, 0.1) is 0 Å². The van der Waals surface area contributed by atoms with Gasteiger partial charge >= 0.3 is 6.18 Å². The second kappa shape index (κ2) is 8.95. The van der Waals surface area contributed by atoms with Crippen molar-refractivity contribution in [2.24, 2.45) is 0 Å². The Morgan fingerprint density at radius 3 is 2.55 bits per heavy atom. The molecule has 0 aliphatic rings. The Morgan fingerprint density at radius 2 is 1.90 bits per heavy atom. The summed E-state index contributed by atoms with van der Waals surface area (Å²) in [5, 5.41) is 4.38. The third-order valence-electron chi connectivity index (χ3n) is 3.76. The quantitative estimate of drug-likeness (QED) is 0.332. The Balaban J connectivity index is 1.66. The number of carbonyl (C=O) groups is 2. The van der Waals surface area contributed by atoms with Gasteiger partial charge in [-0.15, -0.1) is 0 Å². The van der Waals surface area contributed by atoms with Gasteiger partial charge < -0.3 is 20.8 Å². The summed E-state index contributed by atoms with van der Waals surface area (Å²) in [5.41, 5.74) is 3.24. The van der Waals surface area contributed by atoms with Gasteiger partial charge in [0.15, 0.2) is 22.4 Å². The van der Waals surface area contributed by atoms with Crippen molar-refractivity contribution >= 4 is 40.8 Å². The number of nitrogen functional groups attached to an aromatic ring is 1. The first-order valence-electron chi connectivity index (χ1n) is 8.48. The van der Waals surface area contributed by atoms with Crippen molar-refractivity contribution in [3.05, 3.63) is 64.3 Å². The molecule has 0 aliphatic carbocycles. The smallest absolute Gasteiger partial charge is 0.418 e. The number of nitrogens with one attached hydrogen (secondary N) is 3. The number of furan rings is 1. The second-order valence-electron chi connectivity index (χ2n) is 5.94. The first kappa shape index (κ1) is 22.0. The third-order valence-corrected chi connectivity index (χ3v) is 4.63. The number of para-hydroxylation sites is 1. The lowest BCUT2D eigenvalue weighted by atomic mass is 10.1. The highest BCUT2D eigenvalue weighted by Gasteiger charge is 2.33. The van der Waals surface area contributed by atoms with Crippen LogP contribution in [-0.2, 0) is 11.0 Å². The molecule has 0 saturated carbocycles. The van der Waals surface area contributed by atoms with Gasteiger partial charge in [-0.25, -0.2) is 4.98 Å². The van der Waals surface area contributed by atoms with Gasteiger partial charge in [-0.3, -0.25) is 19.4 Å². The lowest BCUT2D eigenvalue weighted by Crippen LogP contribution is -2.23. The van der Waals surface area contributed by atoms with Crippen molar-refractivity contribution in [2.45, 2.75) is 11.3 Å². The van der Waals surface area contributed by atoms with Crippen molar-refractivity contribution in [1.82, 2.24) is 9.97 Å². The van der Waals surface area contributed by atoms with E-state index in [-0.39, 0.29) is 28.2 Å². The molecule has 0 aliphatic heterocycles. The summed E-state index contributed by atoms with van der Waals surface area (Å²) in [4.78, 5) is 42.4. The van der Waals surface area contributed by atoms with Crippen LogP contribution >= 0.6 is 11.8 Å². The number of carbonyl (C=O) groups excluding carboxylic acids is 2. The van der Waals surface area contributed by atoms with E-state index in [9.17, 15) is 27.6 Å². The largest absolute Gasteiger partial charge is 0.459 e. The fourth-order valence-electron chi connectivity index (χ4n) is 2.40. The average molecular weight is 453 g/mol. The van der Waals surface area contributed by atoms with Gasteiger partial charge in [0.05, 0.1) is 23.3 Å². The fourth-order valence-corrected chi connectivity index (χ4v) is 3.07. The number of aromatic amines is 1. The summed E-state index contributed by atoms with van der Waals surface area (Å²) in [6.45, 7) is 0.